The lowest BCUT2D eigenvalue weighted by molar-refractivity contribution is -0.890. The molecule has 0 fully saturated rings. The molecule has 0 radical (unpaired) electrons. The molecule has 0 aromatic heterocycles. The van der Waals surface area contributed by atoms with Crippen molar-refractivity contribution in [3.8, 4) is 0 Å². The Morgan fingerprint density at radius 1 is 1.24 bits per heavy atom. The van der Waals surface area contributed by atoms with E-state index in [0.717, 1.165) is 21.7 Å². The smallest absolute Gasteiger partial charge is 0.171 e. The van der Waals surface area contributed by atoms with E-state index in [2.05, 4.69) is 16.7 Å². The molecule has 1 atom stereocenters. The van der Waals surface area contributed by atoms with E-state index < -0.39 is 0 Å². The van der Waals surface area contributed by atoms with Crippen molar-refractivity contribution in [2.75, 3.05) is 26.0 Å². The van der Waals surface area contributed by atoms with Crippen molar-refractivity contribution in [3.05, 3.63) is 63.9 Å². The van der Waals surface area contributed by atoms with Gasteiger partial charge in [-0.15, -0.1) is 0 Å². The SMILES string of the molecule is Cc1ccc(C)c(NC(=S)NC[C@H](c2c(F)cccc2Cl)[NH+](C)C)c1. The Kier molecular flexibility index (Phi) is 6.76. The predicted molar refractivity (Wildman–Crippen MR) is 107 cm³/mol. The summed E-state index contributed by atoms with van der Waals surface area (Å²) in [6.45, 7) is 4.53. The highest BCUT2D eigenvalue weighted by atomic mass is 35.5. The van der Waals surface area contributed by atoms with E-state index in [1.807, 2.05) is 40.1 Å². The van der Waals surface area contributed by atoms with Crippen LogP contribution in [0.3, 0.4) is 0 Å². The van der Waals surface area contributed by atoms with Crippen LogP contribution in [0.25, 0.3) is 0 Å². The number of benzene rings is 2. The van der Waals surface area contributed by atoms with Gasteiger partial charge in [-0.1, -0.05) is 29.8 Å². The Labute approximate surface area is 159 Å². The second-order valence-corrected chi connectivity index (χ2v) is 7.23. The Bertz CT molecular complexity index is 744. The zero-order chi connectivity index (χ0) is 18.6. The van der Waals surface area contributed by atoms with Gasteiger partial charge in [0, 0.05) is 5.69 Å². The van der Waals surface area contributed by atoms with E-state index in [4.69, 9.17) is 23.8 Å². The fourth-order valence-corrected chi connectivity index (χ4v) is 3.16. The second-order valence-electron chi connectivity index (χ2n) is 6.42. The first kappa shape index (κ1) is 19.6. The van der Waals surface area contributed by atoms with Gasteiger partial charge < -0.3 is 15.5 Å². The van der Waals surface area contributed by atoms with Crippen molar-refractivity contribution in [1.82, 2.24) is 5.32 Å². The molecule has 134 valence electrons. The van der Waals surface area contributed by atoms with Gasteiger partial charge in [0.2, 0.25) is 0 Å². The molecule has 25 heavy (non-hydrogen) atoms. The summed E-state index contributed by atoms with van der Waals surface area (Å²) in [6.07, 6.45) is 0. The maximum absolute atomic E-state index is 14.3. The minimum atomic E-state index is -0.297. The summed E-state index contributed by atoms with van der Waals surface area (Å²) in [5.74, 6) is -0.297. The van der Waals surface area contributed by atoms with Crippen LogP contribution < -0.4 is 15.5 Å². The first-order valence-electron chi connectivity index (χ1n) is 8.15. The van der Waals surface area contributed by atoms with Gasteiger partial charge in [-0.05, 0) is 55.4 Å². The van der Waals surface area contributed by atoms with Crippen molar-refractivity contribution in [3.63, 3.8) is 0 Å². The van der Waals surface area contributed by atoms with Crippen molar-refractivity contribution in [1.29, 1.82) is 0 Å². The number of aryl methyl sites for hydroxylation is 2. The largest absolute Gasteiger partial charge is 0.356 e. The fourth-order valence-electron chi connectivity index (χ4n) is 2.67. The van der Waals surface area contributed by atoms with Crippen LogP contribution in [0.4, 0.5) is 10.1 Å². The minimum Gasteiger partial charge on any atom is -0.356 e. The molecule has 2 aromatic rings. The van der Waals surface area contributed by atoms with Crippen LogP contribution in [0, 0.1) is 19.7 Å². The molecule has 0 aliphatic carbocycles. The maximum atomic E-state index is 14.3. The molecule has 0 saturated heterocycles. The lowest BCUT2D eigenvalue weighted by Crippen LogP contribution is -3.07. The predicted octanol–water partition coefficient (Wildman–Crippen LogP) is 3.27. The number of likely N-dealkylation sites (N-methyl/N-ethyl adjacent to an activating group) is 1. The van der Waals surface area contributed by atoms with Crippen LogP contribution in [0.2, 0.25) is 5.02 Å². The molecule has 0 unspecified atom stereocenters. The zero-order valence-corrected chi connectivity index (χ0v) is 16.5. The first-order chi connectivity index (χ1) is 11.8. The van der Waals surface area contributed by atoms with E-state index in [-0.39, 0.29) is 11.9 Å². The summed E-state index contributed by atoms with van der Waals surface area (Å²) in [7, 11) is 3.94. The van der Waals surface area contributed by atoms with Gasteiger partial charge in [0.1, 0.15) is 11.9 Å². The summed E-state index contributed by atoms with van der Waals surface area (Å²) in [6, 6.07) is 10.8. The van der Waals surface area contributed by atoms with Crippen LogP contribution in [0.1, 0.15) is 22.7 Å². The van der Waals surface area contributed by atoms with E-state index in [0.29, 0.717) is 22.2 Å². The minimum absolute atomic E-state index is 0.160. The molecule has 0 spiro atoms. The highest BCUT2D eigenvalue weighted by Gasteiger charge is 2.24. The van der Waals surface area contributed by atoms with Gasteiger partial charge in [0.05, 0.1) is 31.2 Å². The topological polar surface area (TPSA) is 28.5 Å². The molecule has 0 bridgehead atoms. The number of hydrogen-bond acceptors (Lipinski definition) is 1. The first-order valence-corrected chi connectivity index (χ1v) is 8.94. The molecule has 0 aliphatic heterocycles. The van der Waals surface area contributed by atoms with Gasteiger partial charge in [0.25, 0.3) is 0 Å². The van der Waals surface area contributed by atoms with Crippen LogP contribution in [-0.4, -0.2) is 25.8 Å². The summed E-state index contributed by atoms with van der Waals surface area (Å²) in [5.41, 5.74) is 3.74. The zero-order valence-electron chi connectivity index (χ0n) is 14.9. The molecule has 0 amide bonds. The Morgan fingerprint density at radius 3 is 2.60 bits per heavy atom. The number of hydrogen-bond donors (Lipinski definition) is 3. The lowest BCUT2D eigenvalue weighted by atomic mass is 10.1. The van der Waals surface area contributed by atoms with Gasteiger partial charge >= 0.3 is 0 Å². The molecular formula is C19H24ClFN3S+. The number of quaternary nitrogens is 1. The second kappa shape index (κ2) is 8.61. The average Bonchev–Trinajstić information content (AvgIpc) is 2.53. The van der Waals surface area contributed by atoms with Crippen LogP contribution in [0.15, 0.2) is 36.4 Å². The van der Waals surface area contributed by atoms with Crippen LogP contribution >= 0.6 is 23.8 Å². The maximum Gasteiger partial charge on any atom is 0.171 e. The lowest BCUT2D eigenvalue weighted by Gasteiger charge is -2.24. The number of thiocarbonyl (C=S) groups is 1. The summed E-state index contributed by atoms with van der Waals surface area (Å²) in [4.78, 5) is 1.06. The number of rotatable bonds is 5. The summed E-state index contributed by atoms with van der Waals surface area (Å²) >= 11 is 11.6. The van der Waals surface area contributed by atoms with Crippen molar-refractivity contribution < 1.29 is 9.29 Å². The van der Waals surface area contributed by atoms with Crippen molar-refractivity contribution in [2.24, 2.45) is 0 Å². The highest BCUT2D eigenvalue weighted by molar-refractivity contribution is 7.80. The van der Waals surface area contributed by atoms with Gasteiger partial charge in [-0.25, -0.2) is 4.39 Å². The molecule has 2 rings (SSSR count). The fraction of sp³-hybridized carbons (Fsp3) is 0.316. The molecule has 0 heterocycles. The average molecular weight is 381 g/mol. The van der Waals surface area contributed by atoms with E-state index in [1.165, 1.54) is 6.07 Å². The van der Waals surface area contributed by atoms with E-state index in [1.54, 1.807) is 12.1 Å². The Hall–Kier alpha value is -1.69. The van der Waals surface area contributed by atoms with E-state index in [9.17, 15) is 4.39 Å². The molecule has 0 saturated carbocycles. The van der Waals surface area contributed by atoms with Crippen LogP contribution in [0.5, 0.6) is 0 Å². The summed E-state index contributed by atoms with van der Waals surface area (Å²) < 4.78 is 14.3. The quantitative estimate of drug-likeness (QED) is 0.695. The van der Waals surface area contributed by atoms with Crippen molar-refractivity contribution >= 4 is 34.6 Å². The van der Waals surface area contributed by atoms with Gasteiger partial charge in [-0.3, -0.25) is 0 Å². The molecule has 3 N–H and O–H groups in total. The number of anilines is 1. The van der Waals surface area contributed by atoms with Gasteiger partial charge in [-0.2, -0.15) is 0 Å². The normalized spacial score (nSPS) is 12.1. The Balaban J connectivity index is 2.09. The Morgan fingerprint density at radius 2 is 1.96 bits per heavy atom. The third-order valence-corrected chi connectivity index (χ3v) is 4.73. The third-order valence-electron chi connectivity index (χ3n) is 4.15. The number of halogens is 2. The van der Waals surface area contributed by atoms with Crippen molar-refractivity contribution in [2.45, 2.75) is 19.9 Å². The molecule has 0 aliphatic rings. The molecule has 6 heteroatoms. The molecule has 3 nitrogen and oxygen atoms in total. The standard InChI is InChI=1S/C19H23ClFN3S/c1-12-8-9-13(2)16(10-12)23-19(25)22-11-17(24(3)4)18-14(20)6-5-7-15(18)21/h5-10,17H,11H2,1-4H3,(H2,22,23,25)/p+1/t17-/m1/s1. The third kappa shape index (κ3) is 5.14. The molecule has 2 aromatic carbocycles. The highest BCUT2D eigenvalue weighted by Crippen LogP contribution is 2.24. The molecular weight excluding hydrogens is 357 g/mol. The monoisotopic (exact) mass is 380 g/mol. The van der Waals surface area contributed by atoms with Gasteiger partial charge in [0.15, 0.2) is 5.11 Å². The van der Waals surface area contributed by atoms with Crippen LogP contribution in [-0.2, 0) is 0 Å². The van der Waals surface area contributed by atoms with E-state index >= 15 is 0 Å². The summed E-state index contributed by atoms with van der Waals surface area (Å²) in [5, 5.41) is 7.34. The number of nitrogens with one attached hydrogen (secondary N) is 3.